The average Bonchev–Trinajstić information content (AvgIpc) is 2.67. The molecule has 0 saturated carbocycles. The van der Waals surface area contributed by atoms with Crippen molar-refractivity contribution in [3.05, 3.63) is 60.7 Å². The molecule has 0 heterocycles. The van der Waals surface area contributed by atoms with Crippen LogP contribution in [0.1, 0.15) is 0 Å². The Labute approximate surface area is 138 Å². The molecule has 126 valence electrons. The molecule has 0 bridgehead atoms. The highest BCUT2D eigenvalue weighted by Crippen LogP contribution is 2.08. The third-order valence-electron chi connectivity index (χ3n) is 1.96. The van der Waals surface area contributed by atoms with Gasteiger partial charge in [0.05, 0.1) is 13.2 Å². The molecule has 8 nitrogen and oxygen atoms in total. The fourth-order valence-electron chi connectivity index (χ4n) is 1.11. The van der Waals surface area contributed by atoms with Gasteiger partial charge in [0.2, 0.25) is 0 Å². The van der Waals surface area contributed by atoms with Gasteiger partial charge in [-0.05, 0) is 24.3 Å². The zero-order valence-electron chi connectivity index (χ0n) is 12.6. The van der Waals surface area contributed by atoms with E-state index in [1.54, 1.807) is 48.5 Å². The smallest absolute Gasteiger partial charge is 0.277 e. The molecule has 0 aliphatic rings. The van der Waals surface area contributed by atoms with Crippen molar-refractivity contribution in [2.24, 2.45) is 10.3 Å². The van der Waals surface area contributed by atoms with Crippen LogP contribution in [0.25, 0.3) is 0 Å². The molecular formula is C16H16N2O6. The third kappa shape index (κ3) is 12.5. The van der Waals surface area contributed by atoms with Crippen molar-refractivity contribution < 1.29 is 29.5 Å². The number of isocyanates is 2. The fourth-order valence-corrected chi connectivity index (χ4v) is 1.11. The predicted molar refractivity (Wildman–Crippen MR) is 84.6 cm³/mol. The van der Waals surface area contributed by atoms with E-state index in [1.807, 2.05) is 12.1 Å². The Balaban J connectivity index is 0.000000363. The van der Waals surface area contributed by atoms with Gasteiger partial charge in [-0.2, -0.15) is 0 Å². The van der Waals surface area contributed by atoms with E-state index in [9.17, 15) is 9.59 Å². The summed E-state index contributed by atoms with van der Waals surface area (Å²) < 4.78 is 0. The molecule has 2 rings (SSSR count). The van der Waals surface area contributed by atoms with E-state index in [-0.39, 0.29) is 13.2 Å². The second kappa shape index (κ2) is 16.1. The van der Waals surface area contributed by atoms with Crippen molar-refractivity contribution in [3.63, 3.8) is 0 Å². The van der Waals surface area contributed by atoms with Gasteiger partial charge in [0.25, 0.3) is 12.2 Å². The zero-order chi connectivity index (χ0) is 17.9. The van der Waals surface area contributed by atoms with Crippen LogP contribution in [0, 0.1) is 0 Å². The number of hydrogen-bond acceptors (Lipinski definition) is 8. The molecule has 0 fully saturated rings. The summed E-state index contributed by atoms with van der Waals surface area (Å²) in [7, 11) is 0. The van der Waals surface area contributed by atoms with Gasteiger partial charge < -0.3 is 19.9 Å². The van der Waals surface area contributed by atoms with Gasteiger partial charge in [-0.15, -0.1) is 0 Å². The average molecular weight is 332 g/mol. The largest absolute Gasteiger partial charge is 0.394 e. The molecule has 0 amide bonds. The zero-order valence-corrected chi connectivity index (χ0v) is 12.6. The molecule has 8 heteroatoms. The van der Waals surface area contributed by atoms with E-state index < -0.39 is 0 Å². The predicted octanol–water partition coefficient (Wildman–Crippen LogP) is 1.60. The molecule has 2 N–H and O–H groups in total. The number of nitrogens with zero attached hydrogens (tertiary/aromatic N) is 2. The first-order chi connectivity index (χ1) is 11.8. The lowest BCUT2D eigenvalue weighted by Crippen LogP contribution is -1.85. The maximum absolute atomic E-state index is 9.56. The summed E-state index contributed by atoms with van der Waals surface area (Å²) in [6.45, 7) is -0.250. The minimum atomic E-state index is -0.125. The van der Waals surface area contributed by atoms with Crippen LogP contribution in [0.2, 0.25) is 0 Å². The molecule has 0 radical (unpaired) electrons. The number of aliphatic hydroxyl groups is 2. The van der Waals surface area contributed by atoms with E-state index in [0.717, 1.165) is 0 Å². The van der Waals surface area contributed by atoms with Gasteiger partial charge >= 0.3 is 0 Å². The summed E-state index contributed by atoms with van der Waals surface area (Å²) in [5.41, 5.74) is 0. The number of hydrogen-bond donors (Lipinski definition) is 2. The number of aliphatic hydroxyl groups excluding tert-OH is 2. The molecular weight excluding hydrogens is 316 g/mol. The Hall–Kier alpha value is -3.28. The second-order valence-electron chi connectivity index (χ2n) is 3.62. The molecule has 0 atom stereocenters. The molecule has 0 aliphatic carbocycles. The Kier molecular flexibility index (Phi) is 13.9. The first-order valence-electron chi connectivity index (χ1n) is 6.58. The molecule has 0 saturated heterocycles. The highest BCUT2D eigenvalue weighted by atomic mass is 16.6. The van der Waals surface area contributed by atoms with Crippen LogP contribution in [0.4, 0.5) is 0 Å². The summed E-state index contributed by atoms with van der Waals surface area (Å²) in [5, 5.41) is 21.1. The standard InChI is InChI=1S/2C7H5NO2.C2H6O2/c2*9-6-8-10-7-4-2-1-3-5-7;3-1-2-4/h2*1-5H;3-4H,1-2H2. The number of rotatable bonds is 5. The minimum absolute atomic E-state index is 0.125. The van der Waals surface area contributed by atoms with Crippen LogP contribution in [-0.4, -0.2) is 35.6 Å². The van der Waals surface area contributed by atoms with E-state index in [4.69, 9.17) is 10.2 Å². The highest BCUT2D eigenvalue weighted by molar-refractivity contribution is 5.33. The molecule has 0 aliphatic heterocycles. The van der Waals surface area contributed by atoms with Crippen LogP contribution in [-0.2, 0) is 9.59 Å². The molecule has 24 heavy (non-hydrogen) atoms. The number of para-hydroxylation sites is 2. The lowest BCUT2D eigenvalue weighted by Gasteiger charge is -1.91. The molecule has 2 aromatic carbocycles. The Morgan fingerprint density at radius 3 is 1.29 bits per heavy atom. The first kappa shape index (κ1) is 20.7. The van der Waals surface area contributed by atoms with E-state index in [1.165, 1.54) is 12.2 Å². The monoisotopic (exact) mass is 332 g/mol. The van der Waals surface area contributed by atoms with Crippen molar-refractivity contribution in [2.75, 3.05) is 13.2 Å². The molecule has 0 aromatic heterocycles. The van der Waals surface area contributed by atoms with Gasteiger partial charge in [-0.25, -0.2) is 9.59 Å². The number of carbonyl (C=O) groups excluding carboxylic acids is 2. The minimum Gasteiger partial charge on any atom is -0.394 e. The van der Waals surface area contributed by atoms with Gasteiger partial charge in [-0.1, -0.05) is 36.4 Å². The normalized spacial score (nSPS) is 7.92. The lowest BCUT2D eigenvalue weighted by molar-refractivity contribution is 0.186. The summed E-state index contributed by atoms with van der Waals surface area (Å²) in [4.78, 5) is 28.2. The van der Waals surface area contributed by atoms with Gasteiger partial charge in [0.15, 0.2) is 11.5 Å². The van der Waals surface area contributed by atoms with Crippen molar-refractivity contribution in [3.8, 4) is 11.5 Å². The third-order valence-corrected chi connectivity index (χ3v) is 1.96. The maximum atomic E-state index is 9.56. The van der Waals surface area contributed by atoms with Crippen molar-refractivity contribution in [2.45, 2.75) is 0 Å². The summed E-state index contributed by atoms with van der Waals surface area (Å²) >= 11 is 0. The Morgan fingerprint density at radius 2 is 1.04 bits per heavy atom. The van der Waals surface area contributed by atoms with Crippen molar-refractivity contribution in [1.82, 2.24) is 0 Å². The maximum Gasteiger partial charge on any atom is 0.277 e. The topological polar surface area (TPSA) is 118 Å². The molecule has 2 aromatic rings. The van der Waals surface area contributed by atoms with Crippen LogP contribution in [0.15, 0.2) is 71.0 Å². The highest BCUT2D eigenvalue weighted by Gasteiger charge is 1.86. The first-order valence-corrected chi connectivity index (χ1v) is 6.58. The van der Waals surface area contributed by atoms with Gasteiger partial charge in [-0.3, -0.25) is 0 Å². The van der Waals surface area contributed by atoms with Crippen molar-refractivity contribution >= 4 is 12.2 Å². The fraction of sp³-hybridized carbons (Fsp3) is 0.125. The molecule has 0 unspecified atom stereocenters. The quantitative estimate of drug-likeness (QED) is 0.488. The van der Waals surface area contributed by atoms with Crippen LogP contribution >= 0.6 is 0 Å². The van der Waals surface area contributed by atoms with E-state index >= 15 is 0 Å². The summed E-state index contributed by atoms with van der Waals surface area (Å²) in [6, 6.07) is 17.6. The summed E-state index contributed by atoms with van der Waals surface area (Å²) in [6.07, 6.45) is 2.54. The lowest BCUT2D eigenvalue weighted by atomic mass is 10.3. The SMILES string of the molecule is O=C=NOc1ccccc1.O=C=NOc1ccccc1.OCCO. The van der Waals surface area contributed by atoms with Crippen molar-refractivity contribution in [1.29, 1.82) is 0 Å². The number of benzene rings is 2. The van der Waals surface area contributed by atoms with E-state index in [2.05, 4.69) is 20.0 Å². The van der Waals surface area contributed by atoms with Crippen LogP contribution in [0.5, 0.6) is 11.5 Å². The van der Waals surface area contributed by atoms with Gasteiger partial charge in [0, 0.05) is 10.3 Å². The summed E-state index contributed by atoms with van der Waals surface area (Å²) in [5.74, 6) is 1.07. The Morgan fingerprint density at radius 1 is 0.708 bits per heavy atom. The Bertz CT molecular complexity index is 566. The van der Waals surface area contributed by atoms with E-state index in [0.29, 0.717) is 11.5 Å². The van der Waals surface area contributed by atoms with Crippen LogP contribution in [0.3, 0.4) is 0 Å². The van der Waals surface area contributed by atoms with Crippen LogP contribution < -0.4 is 9.68 Å². The second-order valence-corrected chi connectivity index (χ2v) is 3.62. The van der Waals surface area contributed by atoms with Gasteiger partial charge in [0.1, 0.15) is 0 Å². The molecule has 0 spiro atoms.